The highest BCUT2D eigenvalue weighted by molar-refractivity contribution is 7.17. The van der Waals surface area contributed by atoms with Gasteiger partial charge < -0.3 is 0 Å². The Morgan fingerprint density at radius 3 is 1.23 bits per heavy atom. The van der Waals surface area contributed by atoms with Gasteiger partial charge in [-0.25, -0.2) is 4.98 Å². The first-order valence-electron chi connectivity index (χ1n) is 13.4. The Hall–Kier alpha value is -5.13. The molecule has 0 spiro atoms. The minimum absolute atomic E-state index is 0.895. The minimum atomic E-state index is -1.67. The van der Waals surface area contributed by atoms with Gasteiger partial charge in [0.1, 0.15) is 6.15 Å². The van der Waals surface area contributed by atoms with Gasteiger partial charge in [0.25, 0.3) is 5.69 Å². The molecule has 0 bridgehead atoms. The van der Waals surface area contributed by atoms with Crippen molar-refractivity contribution >= 4 is 54.9 Å². The molecule has 1 N–H and O–H groups in total. The Morgan fingerprint density at radius 2 is 0.821 bits per heavy atom. The van der Waals surface area contributed by atoms with Gasteiger partial charge in [-0.3, -0.25) is 5.82 Å². The van der Waals surface area contributed by atoms with Crippen LogP contribution in [0.15, 0.2) is 152 Å². The SMILES string of the molecule is C(#C[B-](c1ccc2ccccc2c1)(c1ccc2ccccc2c1)c1ccc2ccccc2c1)c1cccc[nH+]1. The molecule has 1 nitrogen and oxygen atoms in total. The number of benzene rings is 6. The summed E-state index contributed by atoms with van der Waals surface area (Å²) >= 11 is 0. The van der Waals surface area contributed by atoms with Gasteiger partial charge in [-0.1, -0.05) is 127 Å². The number of hydrogen-bond acceptors (Lipinski definition) is 0. The highest BCUT2D eigenvalue weighted by atomic mass is 14.6. The molecule has 0 unspecified atom stereocenters. The minimum Gasteiger partial charge on any atom is -0.286 e. The molecule has 0 atom stereocenters. The van der Waals surface area contributed by atoms with E-state index in [0.717, 1.165) is 5.69 Å². The van der Waals surface area contributed by atoms with E-state index in [0.29, 0.717) is 0 Å². The summed E-state index contributed by atoms with van der Waals surface area (Å²) in [5.74, 6) is 7.42. The molecular formula is C37H26BN. The molecule has 2 heteroatoms. The van der Waals surface area contributed by atoms with E-state index in [1.807, 2.05) is 24.4 Å². The zero-order chi connectivity index (χ0) is 26.1. The van der Waals surface area contributed by atoms with Crippen LogP contribution >= 0.6 is 0 Å². The first kappa shape index (κ1) is 23.0. The molecule has 0 aliphatic heterocycles. The number of fused-ring (bicyclic) bond motifs is 3. The molecule has 0 saturated carbocycles. The lowest BCUT2D eigenvalue weighted by molar-refractivity contribution is -0.381. The average molecular weight is 495 g/mol. The van der Waals surface area contributed by atoms with Crippen molar-refractivity contribution in [2.45, 2.75) is 0 Å². The maximum absolute atomic E-state index is 3.87. The highest BCUT2D eigenvalue weighted by Gasteiger charge is 2.29. The molecule has 0 saturated heterocycles. The van der Waals surface area contributed by atoms with E-state index >= 15 is 0 Å². The molecule has 0 aliphatic carbocycles. The molecule has 39 heavy (non-hydrogen) atoms. The summed E-state index contributed by atoms with van der Waals surface area (Å²) in [6, 6.07) is 52.3. The van der Waals surface area contributed by atoms with Crippen LogP contribution in [0.1, 0.15) is 5.69 Å². The fourth-order valence-electron chi connectivity index (χ4n) is 5.92. The van der Waals surface area contributed by atoms with Crippen molar-refractivity contribution in [1.82, 2.24) is 0 Å². The van der Waals surface area contributed by atoms with Crippen LogP contribution in [0.5, 0.6) is 0 Å². The Morgan fingerprint density at radius 1 is 0.410 bits per heavy atom. The Balaban J connectivity index is 1.60. The van der Waals surface area contributed by atoms with E-state index in [1.54, 1.807) is 0 Å². The number of pyridine rings is 1. The third kappa shape index (κ3) is 4.15. The third-order valence-electron chi connectivity index (χ3n) is 7.95. The van der Waals surface area contributed by atoms with Gasteiger partial charge in [0.15, 0.2) is 6.20 Å². The number of aromatic nitrogens is 1. The first-order valence-corrected chi connectivity index (χ1v) is 13.4. The lowest BCUT2D eigenvalue weighted by Crippen LogP contribution is -2.66. The van der Waals surface area contributed by atoms with Gasteiger partial charge in [0, 0.05) is 12.1 Å². The predicted octanol–water partition coefficient (Wildman–Crippen LogP) is 6.02. The van der Waals surface area contributed by atoms with Crippen molar-refractivity contribution in [2.24, 2.45) is 0 Å². The van der Waals surface area contributed by atoms with Gasteiger partial charge in [0.05, 0.1) is 0 Å². The topological polar surface area (TPSA) is 14.1 Å². The fourth-order valence-corrected chi connectivity index (χ4v) is 5.92. The fraction of sp³-hybridized carbons (Fsp3) is 0. The van der Waals surface area contributed by atoms with E-state index in [1.165, 1.54) is 48.7 Å². The summed E-state index contributed by atoms with van der Waals surface area (Å²) in [6.07, 6.45) is 0.265. The molecule has 6 aromatic carbocycles. The Labute approximate surface area is 228 Å². The van der Waals surface area contributed by atoms with Crippen LogP contribution in [0, 0.1) is 11.7 Å². The lowest BCUT2D eigenvalue weighted by Gasteiger charge is -2.39. The van der Waals surface area contributed by atoms with E-state index in [4.69, 9.17) is 0 Å². The van der Waals surface area contributed by atoms with Crippen molar-refractivity contribution < 1.29 is 4.98 Å². The van der Waals surface area contributed by atoms with Gasteiger partial charge in [-0.05, 0) is 44.3 Å². The summed E-state index contributed by atoms with van der Waals surface area (Å²) in [5.41, 5.74) is 4.53. The number of H-pyrrole nitrogens is 1. The summed E-state index contributed by atoms with van der Waals surface area (Å²) in [6.45, 7) is 0. The second kappa shape index (κ2) is 9.64. The van der Waals surface area contributed by atoms with Crippen LogP contribution in [-0.2, 0) is 0 Å². The molecule has 0 fully saturated rings. The van der Waals surface area contributed by atoms with Gasteiger partial charge in [-0.2, -0.15) is 16.4 Å². The van der Waals surface area contributed by atoms with Crippen LogP contribution in [0.25, 0.3) is 32.3 Å². The number of hydrogen-bond donors (Lipinski definition) is 0. The molecule has 0 aliphatic rings. The van der Waals surface area contributed by atoms with Crippen molar-refractivity contribution in [3.8, 4) is 11.7 Å². The smallest absolute Gasteiger partial charge is 0.251 e. The van der Waals surface area contributed by atoms with Crippen molar-refractivity contribution in [2.75, 3.05) is 0 Å². The molecular weight excluding hydrogens is 469 g/mol. The normalized spacial score (nSPS) is 11.4. The van der Waals surface area contributed by atoms with Gasteiger partial charge in [-0.15, -0.1) is 0 Å². The zero-order valence-corrected chi connectivity index (χ0v) is 21.5. The van der Waals surface area contributed by atoms with Gasteiger partial charge in [0.2, 0.25) is 0 Å². The maximum atomic E-state index is 3.87. The number of nitrogens with one attached hydrogen (secondary N) is 1. The van der Waals surface area contributed by atoms with Crippen molar-refractivity contribution in [3.05, 3.63) is 157 Å². The monoisotopic (exact) mass is 495 g/mol. The molecule has 1 aromatic heterocycles. The number of aromatic amines is 1. The summed E-state index contributed by atoms with van der Waals surface area (Å²) in [4.78, 5) is 3.32. The molecule has 7 aromatic rings. The summed E-state index contributed by atoms with van der Waals surface area (Å²) in [5, 5.41) is 7.34. The third-order valence-corrected chi connectivity index (χ3v) is 7.95. The molecule has 7 rings (SSSR count). The molecule has 1 heterocycles. The molecule has 0 amide bonds. The zero-order valence-electron chi connectivity index (χ0n) is 21.5. The van der Waals surface area contributed by atoms with E-state index in [2.05, 4.69) is 144 Å². The Kier molecular flexibility index (Phi) is 5.69. The van der Waals surface area contributed by atoms with Crippen LogP contribution < -0.4 is 21.4 Å². The van der Waals surface area contributed by atoms with Crippen LogP contribution in [-0.4, -0.2) is 6.15 Å². The van der Waals surface area contributed by atoms with Crippen molar-refractivity contribution in [3.63, 3.8) is 0 Å². The standard InChI is InChI=1S/C37H25BN/c1-4-12-31-25-34(19-16-28(31)9-1)38(23-22-37-15-7-8-24-39-37,35-20-17-29-10-2-5-13-32(29)26-35)36-21-18-30-11-3-6-14-33(30)27-36/h1-21,24-27H/q-1/p+1. The molecule has 182 valence electrons. The second-order valence-corrected chi connectivity index (χ2v) is 10.2. The number of rotatable bonds is 3. The second-order valence-electron chi connectivity index (χ2n) is 10.2. The van der Waals surface area contributed by atoms with Crippen LogP contribution in [0.3, 0.4) is 0 Å². The van der Waals surface area contributed by atoms with E-state index < -0.39 is 6.15 Å². The highest BCUT2D eigenvalue weighted by Crippen LogP contribution is 2.20. The largest absolute Gasteiger partial charge is 0.286 e. The van der Waals surface area contributed by atoms with E-state index in [-0.39, 0.29) is 0 Å². The average Bonchev–Trinajstić information content (AvgIpc) is 3.01. The maximum Gasteiger partial charge on any atom is 0.251 e. The predicted molar refractivity (Wildman–Crippen MR) is 166 cm³/mol. The lowest BCUT2D eigenvalue weighted by atomic mass is 9.16. The van der Waals surface area contributed by atoms with Gasteiger partial charge >= 0.3 is 0 Å². The first-order chi connectivity index (χ1) is 19.3. The molecule has 0 radical (unpaired) electrons. The summed E-state index contributed by atoms with van der Waals surface area (Å²) < 4.78 is 0. The quantitative estimate of drug-likeness (QED) is 0.210. The Bertz CT molecular complexity index is 1840. The van der Waals surface area contributed by atoms with Crippen LogP contribution in [0.2, 0.25) is 0 Å². The summed E-state index contributed by atoms with van der Waals surface area (Å²) in [7, 11) is 0. The van der Waals surface area contributed by atoms with Crippen molar-refractivity contribution in [1.29, 1.82) is 0 Å². The van der Waals surface area contributed by atoms with Crippen LogP contribution in [0.4, 0.5) is 0 Å². The van der Waals surface area contributed by atoms with E-state index in [9.17, 15) is 0 Å².